The fourth-order valence-corrected chi connectivity index (χ4v) is 3.59. The smallest absolute Gasteiger partial charge is 0.265 e. The van der Waals surface area contributed by atoms with Crippen LogP contribution in [0.5, 0.6) is 11.5 Å². The van der Waals surface area contributed by atoms with Gasteiger partial charge in [0.25, 0.3) is 5.91 Å². The van der Waals surface area contributed by atoms with Crippen molar-refractivity contribution in [2.24, 2.45) is 0 Å². The molecule has 8 nitrogen and oxygen atoms in total. The Bertz CT molecular complexity index is 1220. The van der Waals surface area contributed by atoms with Gasteiger partial charge in [-0.25, -0.2) is 4.39 Å². The zero-order chi connectivity index (χ0) is 24.6. The Kier molecular flexibility index (Phi) is 7.67. The number of fused-ring (bicyclic) bond motifs is 1. The predicted octanol–water partition coefficient (Wildman–Crippen LogP) is 3.30. The summed E-state index contributed by atoms with van der Waals surface area (Å²) in [5.41, 5.74) is 1.56. The van der Waals surface area contributed by atoms with Crippen LogP contribution in [0.25, 0.3) is 0 Å². The molecule has 0 aliphatic carbocycles. The minimum absolute atomic E-state index is 0.116. The first-order valence-corrected chi connectivity index (χ1v) is 11.1. The van der Waals surface area contributed by atoms with Crippen LogP contribution in [-0.2, 0) is 16.1 Å². The van der Waals surface area contributed by atoms with Gasteiger partial charge in [-0.15, -0.1) is 0 Å². The van der Waals surface area contributed by atoms with Crippen molar-refractivity contribution in [1.29, 1.82) is 0 Å². The Morgan fingerprint density at radius 2 is 2.00 bits per heavy atom. The van der Waals surface area contributed by atoms with Crippen molar-refractivity contribution in [2.45, 2.75) is 19.4 Å². The van der Waals surface area contributed by atoms with E-state index in [0.29, 0.717) is 36.5 Å². The number of rotatable bonds is 10. The lowest BCUT2D eigenvalue weighted by Gasteiger charge is -2.29. The van der Waals surface area contributed by atoms with E-state index >= 15 is 0 Å². The summed E-state index contributed by atoms with van der Waals surface area (Å²) in [5.74, 6) is -0.462. The van der Waals surface area contributed by atoms with Crippen LogP contribution in [0.15, 0.2) is 66.9 Å². The maximum absolute atomic E-state index is 13.3. The van der Waals surface area contributed by atoms with Crippen LogP contribution < -0.4 is 19.7 Å². The zero-order valence-corrected chi connectivity index (χ0v) is 18.9. The number of benzene rings is 2. The number of carbonyl (C=O) groups is 3. The number of carbonyl (C=O) groups excluding carboxylic acids is 3. The first-order chi connectivity index (χ1) is 17.0. The number of hydrogen-bond donors (Lipinski definition) is 1. The lowest BCUT2D eigenvalue weighted by molar-refractivity contribution is -0.123. The van der Waals surface area contributed by atoms with Crippen LogP contribution in [-0.4, -0.2) is 42.3 Å². The highest BCUT2D eigenvalue weighted by Crippen LogP contribution is 2.33. The number of Topliss-reactive ketones (excluding diaryl/α,β-unsaturated/α-hetero) is 1. The summed E-state index contributed by atoms with van der Waals surface area (Å²) in [6.07, 6.45) is 2.32. The molecule has 0 fully saturated rings. The lowest BCUT2D eigenvalue weighted by Crippen LogP contribution is -2.40. The topological polar surface area (TPSA) is 97.8 Å². The van der Waals surface area contributed by atoms with Gasteiger partial charge in [0.15, 0.2) is 19.0 Å². The molecule has 1 N–H and O–H groups in total. The molecule has 0 bridgehead atoms. The Hall–Kier alpha value is -4.27. The molecule has 0 saturated heterocycles. The van der Waals surface area contributed by atoms with Gasteiger partial charge < -0.3 is 19.7 Å². The number of halogens is 1. The number of amides is 2. The largest absolute Gasteiger partial charge is 0.485 e. The van der Waals surface area contributed by atoms with E-state index in [0.717, 1.165) is 5.69 Å². The van der Waals surface area contributed by atoms with Gasteiger partial charge in [-0.3, -0.25) is 19.4 Å². The number of ketones is 1. The third-order valence-electron chi connectivity index (χ3n) is 5.37. The fraction of sp³-hybridized carbons (Fsp3) is 0.231. The van der Waals surface area contributed by atoms with Crippen LogP contribution in [0.2, 0.25) is 0 Å². The number of nitrogens with zero attached hydrogens (tertiary/aromatic N) is 2. The van der Waals surface area contributed by atoms with E-state index in [9.17, 15) is 18.8 Å². The number of pyridine rings is 1. The van der Waals surface area contributed by atoms with Crippen molar-refractivity contribution in [2.75, 3.05) is 24.7 Å². The summed E-state index contributed by atoms with van der Waals surface area (Å²) in [5, 5.41) is 2.81. The molecular formula is C26H24FN3O5. The first kappa shape index (κ1) is 23.9. The maximum Gasteiger partial charge on any atom is 0.265 e. The maximum atomic E-state index is 13.3. The van der Waals surface area contributed by atoms with E-state index < -0.39 is 5.82 Å². The molecule has 4 rings (SSSR count). The van der Waals surface area contributed by atoms with Gasteiger partial charge in [-0.2, -0.15) is 0 Å². The van der Waals surface area contributed by atoms with E-state index in [1.54, 1.807) is 36.5 Å². The number of ether oxygens (including phenoxy) is 2. The van der Waals surface area contributed by atoms with Crippen LogP contribution in [0.4, 0.5) is 10.1 Å². The molecule has 2 amide bonds. The van der Waals surface area contributed by atoms with E-state index in [2.05, 4.69) is 10.3 Å². The molecule has 2 aromatic carbocycles. The highest BCUT2D eigenvalue weighted by Gasteiger charge is 2.26. The molecule has 2 heterocycles. The third kappa shape index (κ3) is 6.41. The molecule has 3 aromatic rings. The zero-order valence-electron chi connectivity index (χ0n) is 18.9. The molecule has 0 radical (unpaired) electrons. The number of anilines is 1. The quantitative estimate of drug-likeness (QED) is 0.450. The Morgan fingerprint density at radius 3 is 2.80 bits per heavy atom. The molecule has 1 aliphatic heterocycles. The molecule has 180 valence electrons. The monoisotopic (exact) mass is 477 g/mol. The van der Waals surface area contributed by atoms with Crippen molar-refractivity contribution in [3.05, 3.63) is 83.9 Å². The summed E-state index contributed by atoms with van der Waals surface area (Å²) >= 11 is 0. The minimum atomic E-state index is -0.458. The van der Waals surface area contributed by atoms with E-state index in [4.69, 9.17) is 9.47 Å². The molecular weight excluding hydrogens is 453 g/mol. The second-order valence-corrected chi connectivity index (χ2v) is 7.89. The molecule has 0 unspecified atom stereocenters. The summed E-state index contributed by atoms with van der Waals surface area (Å²) in [7, 11) is 0. The first-order valence-electron chi connectivity index (χ1n) is 11.1. The van der Waals surface area contributed by atoms with Crippen molar-refractivity contribution in [1.82, 2.24) is 10.3 Å². The SMILES string of the molecule is O=C(CCCN1C(=O)COc2ccc(C(=O)COc3cccc(F)c3)cc21)NCc1ccccn1. The molecule has 0 spiro atoms. The van der Waals surface area contributed by atoms with Crippen LogP contribution in [0, 0.1) is 5.82 Å². The number of aromatic nitrogens is 1. The molecule has 1 aromatic heterocycles. The molecule has 0 atom stereocenters. The van der Waals surface area contributed by atoms with Gasteiger partial charge in [0.2, 0.25) is 5.91 Å². The summed E-state index contributed by atoms with van der Waals surface area (Å²) in [6.45, 7) is 0.230. The van der Waals surface area contributed by atoms with Crippen LogP contribution in [0.3, 0.4) is 0 Å². The molecule has 9 heteroatoms. The van der Waals surface area contributed by atoms with Gasteiger partial charge in [-0.1, -0.05) is 12.1 Å². The van der Waals surface area contributed by atoms with Crippen molar-refractivity contribution < 1.29 is 28.2 Å². The van der Waals surface area contributed by atoms with Gasteiger partial charge >= 0.3 is 0 Å². The minimum Gasteiger partial charge on any atom is -0.485 e. The molecule has 0 saturated carbocycles. The van der Waals surface area contributed by atoms with E-state index in [-0.39, 0.29) is 43.0 Å². The summed E-state index contributed by atoms with van der Waals surface area (Å²) < 4.78 is 24.2. The van der Waals surface area contributed by atoms with Gasteiger partial charge in [-0.05, 0) is 48.9 Å². The fourth-order valence-electron chi connectivity index (χ4n) is 3.59. The van der Waals surface area contributed by atoms with Gasteiger partial charge in [0.1, 0.15) is 17.3 Å². The second-order valence-electron chi connectivity index (χ2n) is 7.89. The Morgan fingerprint density at radius 1 is 1.11 bits per heavy atom. The average molecular weight is 477 g/mol. The second kappa shape index (κ2) is 11.2. The standard InChI is InChI=1S/C26H24FN3O5/c27-19-5-3-7-21(14-19)34-16-23(31)18-9-10-24-22(13-18)30(26(33)17-35-24)12-4-8-25(32)29-15-20-6-1-2-11-28-20/h1-3,5-7,9-11,13-14H,4,8,12,15-17H2,(H,29,32). The van der Waals surface area contributed by atoms with Crippen LogP contribution in [0.1, 0.15) is 28.9 Å². The average Bonchev–Trinajstić information content (AvgIpc) is 2.87. The molecule has 1 aliphatic rings. The van der Waals surface area contributed by atoms with E-state index in [1.165, 1.54) is 23.1 Å². The predicted molar refractivity (Wildman–Crippen MR) is 126 cm³/mol. The van der Waals surface area contributed by atoms with Crippen LogP contribution >= 0.6 is 0 Å². The Balaban J connectivity index is 1.34. The number of hydrogen-bond acceptors (Lipinski definition) is 6. The van der Waals surface area contributed by atoms with Gasteiger partial charge in [0.05, 0.1) is 17.9 Å². The van der Waals surface area contributed by atoms with Crippen molar-refractivity contribution >= 4 is 23.3 Å². The normalized spacial score (nSPS) is 12.5. The third-order valence-corrected chi connectivity index (χ3v) is 5.37. The highest BCUT2D eigenvalue weighted by atomic mass is 19.1. The lowest BCUT2D eigenvalue weighted by atomic mass is 10.1. The van der Waals surface area contributed by atoms with Gasteiger partial charge in [0, 0.05) is 30.8 Å². The summed E-state index contributed by atoms with van der Waals surface area (Å²) in [6, 6.07) is 15.8. The van der Waals surface area contributed by atoms with Crippen molar-refractivity contribution in [3.8, 4) is 11.5 Å². The van der Waals surface area contributed by atoms with Crippen molar-refractivity contribution in [3.63, 3.8) is 0 Å². The Labute approximate surface area is 201 Å². The molecule has 35 heavy (non-hydrogen) atoms. The summed E-state index contributed by atoms with van der Waals surface area (Å²) in [4.78, 5) is 43.0. The highest BCUT2D eigenvalue weighted by molar-refractivity contribution is 6.02. The number of nitrogens with one attached hydrogen (secondary N) is 1. The van der Waals surface area contributed by atoms with E-state index in [1.807, 2.05) is 12.1 Å².